The first-order chi connectivity index (χ1) is 5.31. The lowest BCUT2D eigenvalue weighted by molar-refractivity contribution is 0.800. The quantitative estimate of drug-likeness (QED) is 0.596. The van der Waals surface area contributed by atoms with Crippen LogP contribution in [0.5, 0.6) is 0 Å². The Balaban J connectivity index is 3.51. The van der Waals surface area contributed by atoms with Gasteiger partial charge < -0.3 is 5.32 Å². The summed E-state index contributed by atoms with van der Waals surface area (Å²) in [5.41, 5.74) is 1.05. The van der Waals surface area contributed by atoms with Crippen LogP contribution in [0.25, 0.3) is 0 Å². The number of hydrogen-bond acceptors (Lipinski definition) is 2. The molecule has 0 spiro atoms. The van der Waals surface area contributed by atoms with Crippen molar-refractivity contribution in [2.75, 3.05) is 13.6 Å². The molecule has 11 heavy (non-hydrogen) atoms. The Labute approximate surface area is 68.7 Å². The molecule has 0 aromatic carbocycles. The SMILES string of the molecule is C=C(C=N/C=C\C)CCNC. The summed E-state index contributed by atoms with van der Waals surface area (Å²) in [6.07, 6.45) is 6.39. The van der Waals surface area contributed by atoms with E-state index in [0.717, 1.165) is 18.5 Å². The van der Waals surface area contributed by atoms with E-state index < -0.39 is 0 Å². The summed E-state index contributed by atoms with van der Waals surface area (Å²) in [5, 5.41) is 3.05. The molecule has 0 bridgehead atoms. The fourth-order valence-electron chi connectivity index (χ4n) is 0.585. The van der Waals surface area contributed by atoms with Gasteiger partial charge in [-0.3, -0.25) is 4.99 Å². The minimum absolute atomic E-state index is 0.956. The van der Waals surface area contributed by atoms with Crippen LogP contribution in [0.3, 0.4) is 0 Å². The molecule has 0 rings (SSSR count). The van der Waals surface area contributed by atoms with Crippen molar-refractivity contribution in [2.24, 2.45) is 4.99 Å². The smallest absolute Gasteiger partial charge is 0.0294 e. The second-order valence-corrected chi connectivity index (χ2v) is 2.27. The zero-order valence-corrected chi connectivity index (χ0v) is 7.30. The summed E-state index contributed by atoms with van der Waals surface area (Å²) in [5.74, 6) is 0. The van der Waals surface area contributed by atoms with Crippen molar-refractivity contribution in [1.82, 2.24) is 5.32 Å². The maximum Gasteiger partial charge on any atom is 0.0294 e. The minimum Gasteiger partial charge on any atom is -0.319 e. The topological polar surface area (TPSA) is 24.4 Å². The van der Waals surface area contributed by atoms with Crippen LogP contribution in [-0.4, -0.2) is 19.8 Å². The normalized spacial score (nSPS) is 11.5. The highest BCUT2D eigenvalue weighted by Crippen LogP contribution is 1.91. The van der Waals surface area contributed by atoms with Crippen molar-refractivity contribution >= 4 is 6.21 Å². The summed E-state index contributed by atoms with van der Waals surface area (Å²) >= 11 is 0. The van der Waals surface area contributed by atoms with Crippen molar-refractivity contribution < 1.29 is 0 Å². The van der Waals surface area contributed by atoms with Gasteiger partial charge in [0.2, 0.25) is 0 Å². The molecule has 2 nitrogen and oxygen atoms in total. The average molecular weight is 152 g/mol. The molecule has 0 aliphatic carbocycles. The molecule has 62 valence electrons. The van der Waals surface area contributed by atoms with Crippen molar-refractivity contribution in [3.05, 3.63) is 24.4 Å². The summed E-state index contributed by atoms with van der Waals surface area (Å²) in [6.45, 7) is 6.74. The van der Waals surface area contributed by atoms with Crippen LogP contribution in [0.15, 0.2) is 29.4 Å². The van der Waals surface area contributed by atoms with E-state index >= 15 is 0 Å². The molecule has 1 N–H and O–H groups in total. The predicted octanol–water partition coefficient (Wildman–Crippen LogP) is 1.76. The number of rotatable bonds is 5. The molecule has 0 aliphatic heterocycles. The van der Waals surface area contributed by atoms with Crippen molar-refractivity contribution in [1.29, 1.82) is 0 Å². The summed E-state index contributed by atoms with van der Waals surface area (Å²) in [4.78, 5) is 4.01. The summed E-state index contributed by atoms with van der Waals surface area (Å²) < 4.78 is 0. The second kappa shape index (κ2) is 7.22. The van der Waals surface area contributed by atoms with Crippen LogP contribution < -0.4 is 5.32 Å². The third-order valence-corrected chi connectivity index (χ3v) is 1.19. The molecule has 0 saturated carbocycles. The Bertz CT molecular complexity index is 157. The maximum atomic E-state index is 4.01. The molecule has 2 heteroatoms. The summed E-state index contributed by atoms with van der Waals surface area (Å²) in [6, 6.07) is 0. The number of nitrogens with one attached hydrogen (secondary N) is 1. The van der Waals surface area contributed by atoms with Gasteiger partial charge in [0.1, 0.15) is 0 Å². The first-order valence-electron chi connectivity index (χ1n) is 3.78. The average Bonchev–Trinajstić information content (AvgIpc) is 2.01. The largest absolute Gasteiger partial charge is 0.319 e. The molecule has 0 amide bonds. The molecular formula is C9H16N2. The number of hydrogen-bond donors (Lipinski definition) is 1. The lowest BCUT2D eigenvalue weighted by Gasteiger charge is -1.96. The third kappa shape index (κ3) is 7.00. The van der Waals surface area contributed by atoms with Crippen LogP contribution in [0.4, 0.5) is 0 Å². The molecule has 0 aromatic rings. The van der Waals surface area contributed by atoms with Gasteiger partial charge in [-0.2, -0.15) is 0 Å². The third-order valence-electron chi connectivity index (χ3n) is 1.19. The number of allylic oxidation sites excluding steroid dienone is 1. The first kappa shape index (κ1) is 10.1. The zero-order valence-electron chi connectivity index (χ0n) is 7.30. The fourth-order valence-corrected chi connectivity index (χ4v) is 0.585. The van der Waals surface area contributed by atoms with E-state index in [1.807, 2.05) is 20.0 Å². The van der Waals surface area contributed by atoms with Gasteiger partial charge in [-0.05, 0) is 32.5 Å². The molecule has 0 unspecified atom stereocenters. The van der Waals surface area contributed by atoms with Gasteiger partial charge in [-0.15, -0.1) is 0 Å². The van der Waals surface area contributed by atoms with Gasteiger partial charge in [-0.1, -0.05) is 12.7 Å². The van der Waals surface area contributed by atoms with Crippen molar-refractivity contribution in [3.63, 3.8) is 0 Å². The monoisotopic (exact) mass is 152 g/mol. The maximum absolute atomic E-state index is 4.01. The van der Waals surface area contributed by atoms with Crippen LogP contribution in [0.2, 0.25) is 0 Å². The van der Waals surface area contributed by atoms with E-state index in [1.165, 1.54) is 0 Å². The molecule has 0 aliphatic rings. The number of nitrogens with zero attached hydrogens (tertiary/aromatic N) is 1. The Morgan fingerprint density at radius 2 is 2.36 bits per heavy atom. The van der Waals surface area contributed by atoms with Crippen molar-refractivity contribution in [3.8, 4) is 0 Å². The standard InChI is InChI=1S/C9H16N2/c1-4-6-11-8-9(2)5-7-10-3/h4,6,8,10H,2,5,7H2,1,3H3/b6-4-,11-8?. The van der Waals surface area contributed by atoms with Gasteiger partial charge in [0, 0.05) is 12.4 Å². The van der Waals surface area contributed by atoms with E-state index in [4.69, 9.17) is 0 Å². The van der Waals surface area contributed by atoms with Gasteiger partial charge in [0.05, 0.1) is 0 Å². The van der Waals surface area contributed by atoms with E-state index in [9.17, 15) is 0 Å². The molecular weight excluding hydrogens is 136 g/mol. The Kier molecular flexibility index (Phi) is 6.64. The highest BCUT2D eigenvalue weighted by molar-refractivity contribution is 5.77. The summed E-state index contributed by atoms with van der Waals surface area (Å²) in [7, 11) is 1.93. The van der Waals surface area contributed by atoms with Gasteiger partial charge in [0.15, 0.2) is 0 Å². The fraction of sp³-hybridized carbons (Fsp3) is 0.444. The van der Waals surface area contributed by atoms with Crippen LogP contribution >= 0.6 is 0 Å². The molecule has 0 fully saturated rings. The zero-order chi connectivity index (χ0) is 8.53. The van der Waals surface area contributed by atoms with Crippen molar-refractivity contribution in [2.45, 2.75) is 13.3 Å². The highest BCUT2D eigenvalue weighted by atomic mass is 14.8. The Morgan fingerprint density at radius 1 is 1.64 bits per heavy atom. The van der Waals surface area contributed by atoms with E-state index in [-0.39, 0.29) is 0 Å². The molecule has 0 radical (unpaired) electrons. The van der Waals surface area contributed by atoms with Gasteiger partial charge in [0.25, 0.3) is 0 Å². The van der Waals surface area contributed by atoms with Crippen LogP contribution in [-0.2, 0) is 0 Å². The Morgan fingerprint density at radius 3 is 2.91 bits per heavy atom. The van der Waals surface area contributed by atoms with Crippen LogP contribution in [0, 0.1) is 0 Å². The van der Waals surface area contributed by atoms with Gasteiger partial charge >= 0.3 is 0 Å². The second-order valence-electron chi connectivity index (χ2n) is 2.27. The first-order valence-corrected chi connectivity index (χ1v) is 3.78. The molecule has 0 heterocycles. The van der Waals surface area contributed by atoms with E-state index in [2.05, 4.69) is 16.9 Å². The highest BCUT2D eigenvalue weighted by Gasteiger charge is 1.85. The molecule has 0 atom stereocenters. The number of aliphatic imine (C=N–C) groups is 1. The molecule has 0 aromatic heterocycles. The van der Waals surface area contributed by atoms with E-state index in [1.54, 1.807) is 12.4 Å². The van der Waals surface area contributed by atoms with E-state index in [0.29, 0.717) is 0 Å². The predicted molar refractivity (Wildman–Crippen MR) is 51.0 cm³/mol. The van der Waals surface area contributed by atoms with Crippen LogP contribution in [0.1, 0.15) is 13.3 Å². The van der Waals surface area contributed by atoms with Gasteiger partial charge in [-0.25, -0.2) is 0 Å². The lowest BCUT2D eigenvalue weighted by atomic mass is 10.2. The minimum atomic E-state index is 0.956. The Hall–Kier alpha value is -0.890. The lowest BCUT2D eigenvalue weighted by Crippen LogP contribution is -2.08. The molecule has 0 saturated heterocycles.